The van der Waals surface area contributed by atoms with Crippen molar-refractivity contribution in [1.29, 1.82) is 0 Å². The molecule has 0 fully saturated rings. The van der Waals surface area contributed by atoms with Crippen molar-refractivity contribution in [2.75, 3.05) is 24.5 Å². The van der Waals surface area contributed by atoms with Crippen LogP contribution in [0.4, 0.5) is 5.69 Å². The maximum Gasteiger partial charge on any atom is 0.266 e. The Labute approximate surface area is 158 Å². The minimum Gasteiger partial charge on any atom is -0.342 e. The maximum atomic E-state index is 12.9. The summed E-state index contributed by atoms with van der Waals surface area (Å²) in [4.78, 5) is 37.5. The number of anilines is 1. The van der Waals surface area contributed by atoms with Gasteiger partial charge >= 0.3 is 0 Å². The second kappa shape index (κ2) is 8.09. The predicted octanol–water partition coefficient (Wildman–Crippen LogP) is 1.42. The minimum absolute atomic E-state index is 0.0732. The highest BCUT2D eigenvalue weighted by molar-refractivity contribution is 6.19. The molecule has 1 aliphatic heterocycles. The first-order valence-electron chi connectivity index (χ1n) is 9.00. The fourth-order valence-electron chi connectivity index (χ4n) is 3.13. The molecule has 0 aliphatic carbocycles. The number of benzene rings is 1. The molecule has 2 heterocycles. The van der Waals surface area contributed by atoms with Gasteiger partial charge in [0, 0.05) is 24.8 Å². The van der Waals surface area contributed by atoms with Gasteiger partial charge in [0.05, 0.1) is 17.1 Å². The molecular weight excluding hydrogens is 342 g/mol. The number of carbonyl (C=O) groups is 2. The van der Waals surface area contributed by atoms with E-state index in [2.05, 4.69) is 9.98 Å². The third-order valence-electron chi connectivity index (χ3n) is 4.55. The number of rotatable bonds is 5. The molecular formula is C20H23N5O2. The van der Waals surface area contributed by atoms with Crippen LogP contribution in [0.2, 0.25) is 0 Å². The number of fused-ring (bicyclic) bond motifs is 1. The summed E-state index contributed by atoms with van der Waals surface area (Å²) in [5.74, 6) is -0.537. The van der Waals surface area contributed by atoms with Crippen molar-refractivity contribution in [3.8, 4) is 0 Å². The molecule has 7 nitrogen and oxygen atoms in total. The summed E-state index contributed by atoms with van der Waals surface area (Å²) in [5, 5.41) is 0. The lowest BCUT2D eigenvalue weighted by Gasteiger charge is -2.27. The quantitative estimate of drug-likeness (QED) is 0.867. The highest BCUT2D eigenvalue weighted by atomic mass is 16.2. The number of nitrogens with two attached hydrogens (primary N) is 1. The normalized spacial score (nSPS) is 16.4. The maximum absolute atomic E-state index is 12.9. The summed E-state index contributed by atoms with van der Waals surface area (Å²) in [6, 6.07) is 12.9. The molecule has 1 aromatic heterocycles. The van der Waals surface area contributed by atoms with Crippen LogP contribution in [0.3, 0.4) is 0 Å². The van der Waals surface area contributed by atoms with Crippen molar-refractivity contribution in [3.05, 3.63) is 59.9 Å². The highest BCUT2D eigenvalue weighted by Gasteiger charge is 2.32. The summed E-state index contributed by atoms with van der Waals surface area (Å²) < 4.78 is 0. The van der Waals surface area contributed by atoms with Gasteiger partial charge in [-0.1, -0.05) is 24.3 Å². The number of amides is 2. The number of pyridine rings is 1. The average Bonchev–Trinajstić information content (AvgIpc) is 2.80. The van der Waals surface area contributed by atoms with Gasteiger partial charge in [-0.2, -0.15) is 0 Å². The number of carbonyl (C=O) groups excluding carboxylic acids is 2. The third-order valence-corrected chi connectivity index (χ3v) is 4.55. The number of hydrogen-bond donors (Lipinski definition) is 1. The van der Waals surface area contributed by atoms with Gasteiger partial charge < -0.3 is 10.6 Å². The van der Waals surface area contributed by atoms with Gasteiger partial charge in [0.15, 0.2) is 6.17 Å². The smallest absolute Gasteiger partial charge is 0.266 e. The molecule has 1 aliphatic rings. The van der Waals surface area contributed by atoms with E-state index in [4.69, 9.17) is 5.73 Å². The van der Waals surface area contributed by atoms with Gasteiger partial charge in [-0.05, 0) is 32.0 Å². The molecule has 0 bridgehead atoms. The molecule has 0 spiro atoms. The van der Waals surface area contributed by atoms with Crippen LogP contribution < -0.4 is 10.6 Å². The number of aromatic nitrogens is 1. The summed E-state index contributed by atoms with van der Waals surface area (Å²) in [6.07, 6.45) is 0.569. The second-order valence-corrected chi connectivity index (χ2v) is 6.15. The Kier molecular flexibility index (Phi) is 5.61. The number of hydrogen-bond acceptors (Lipinski definition) is 5. The summed E-state index contributed by atoms with van der Waals surface area (Å²) in [5.41, 5.74) is 8.58. The van der Waals surface area contributed by atoms with E-state index in [-0.39, 0.29) is 12.5 Å². The molecule has 2 N–H and O–H groups in total. The van der Waals surface area contributed by atoms with Gasteiger partial charge in [-0.3, -0.25) is 24.5 Å². The van der Waals surface area contributed by atoms with Gasteiger partial charge in [-0.15, -0.1) is 0 Å². The molecule has 1 unspecified atom stereocenters. The summed E-state index contributed by atoms with van der Waals surface area (Å²) in [7, 11) is 0. The van der Waals surface area contributed by atoms with E-state index in [0.29, 0.717) is 30.2 Å². The number of para-hydroxylation sites is 1. The SMILES string of the molecule is CCN(CC)C(=O)CN1C(=O)C(N)N=C(c2ccccn2)c2ccccc21. The highest BCUT2D eigenvalue weighted by Crippen LogP contribution is 2.27. The molecule has 3 rings (SSSR count). The Morgan fingerprint density at radius 3 is 2.52 bits per heavy atom. The molecule has 140 valence electrons. The molecule has 2 amide bonds. The Bertz CT molecular complexity index is 862. The molecule has 27 heavy (non-hydrogen) atoms. The first kappa shape index (κ1) is 18.7. The molecule has 0 radical (unpaired) electrons. The number of likely N-dealkylation sites (N-methyl/N-ethyl adjacent to an activating group) is 1. The Balaban J connectivity index is 2.07. The van der Waals surface area contributed by atoms with Crippen molar-refractivity contribution < 1.29 is 9.59 Å². The zero-order valence-electron chi connectivity index (χ0n) is 15.5. The molecule has 1 atom stereocenters. The number of nitrogens with zero attached hydrogens (tertiary/aromatic N) is 4. The Morgan fingerprint density at radius 2 is 1.85 bits per heavy atom. The molecule has 0 saturated carbocycles. The average molecular weight is 365 g/mol. The first-order valence-corrected chi connectivity index (χ1v) is 9.00. The van der Waals surface area contributed by atoms with Crippen molar-refractivity contribution in [2.45, 2.75) is 20.0 Å². The van der Waals surface area contributed by atoms with Crippen LogP contribution in [0.25, 0.3) is 0 Å². The summed E-state index contributed by atoms with van der Waals surface area (Å²) >= 11 is 0. The zero-order chi connectivity index (χ0) is 19.4. The van der Waals surface area contributed by atoms with E-state index in [1.165, 1.54) is 4.90 Å². The monoisotopic (exact) mass is 365 g/mol. The van der Waals surface area contributed by atoms with Crippen molar-refractivity contribution in [1.82, 2.24) is 9.88 Å². The largest absolute Gasteiger partial charge is 0.342 e. The Hall–Kier alpha value is -3.06. The van der Waals surface area contributed by atoms with Crippen LogP contribution in [0.15, 0.2) is 53.7 Å². The van der Waals surface area contributed by atoms with Gasteiger partial charge in [-0.25, -0.2) is 0 Å². The van der Waals surface area contributed by atoms with Crippen molar-refractivity contribution in [2.24, 2.45) is 10.7 Å². The third kappa shape index (κ3) is 3.73. The van der Waals surface area contributed by atoms with Crippen LogP contribution in [0, 0.1) is 0 Å². The van der Waals surface area contributed by atoms with Crippen molar-refractivity contribution in [3.63, 3.8) is 0 Å². The van der Waals surface area contributed by atoms with E-state index in [1.807, 2.05) is 50.2 Å². The zero-order valence-corrected chi connectivity index (χ0v) is 15.5. The lowest BCUT2D eigenvalue weighted by molar-refractivity contribution is -0.131. The number of benzodiazepines with no additional fused rings is 1. The fraction of sp³-hybridized carbons (Fsp3) is 0.300. The van der Waals surface area contributed by atoms with Crippen LogP contribution >= 0.6 is 0 Å². The molecule has 7 heteroatoms. The first-order chi connectivity index (χ1) is 13.1. The Morgan fingerprint density at radius 1 is 1.15 bits per heavy atom. The summed E-state index contributed by atoms with van der Waals surface area (Å²) in [6.45, 7) is 4.92. The second-order valence-electron chi connectivity index (χ2n) is 6.15. The van der Waals surface area contributed by atoms with Gasteiger partial charge in [0.25, 0.3) is 5.91 Å². The molecule has 2 aromatic rings. The number of aliphatic imine (C=N–C) groups is 1. The van der Waals surface area contributed by atoms with E-state index in [9.17, 15) is 9.59 Å². The fourth-order valence-corrected chi connectivity index (χ4v) is 3.13. The minimum atomic E-state index is -1.10. The van der Waals surface area contributed by atoms with Crippen LogP contribution in [-0.2, 0) is 9.59 Å². The topological polar surface area (TPSA) is 91.9 Å². The predicted molar refractivity (Wildman–Crippen MR) is 105 cm³/mol. The van der Waals surface area contributed by atoms with Crippen molar-refractivity contribution >= 4 is 23.2 Å². The standard InChI is InChI=1S/C20H23N5O2/c1-3-24(4-2)17(26)13-25-16-11-6-5-9-14(16)18(23-19(21)20(25)27)15-10-7-8-12-22-15/h5-12,19H,3-4,13,21H2,1-2H3. The van der Waals surface area contributed by atoms with Gasteiger partial charge in [0.1, 0.15) is 6.54 Å². The van der Waals surface area contributed by atoms with Crippen LogP contribution in [0.1, 0.15) is 25.1 Å². The molecule has 1 aromatic carbocycles. The van der Waals surface area contributed by atoms with Crippen LogP contribution in [-0.4, -0.2) is 53.2 Å². The lowest BCUT2D eigenvalue weighted by atomic mass is 10.0. The van der Waals surface area contributed by atoms with E-state index >= 15 is 0 Å². The lowest BCUT2D eigenvalue weighted by Crippen LogP contribution is -2.48. The van der Waals surface area contributed by atoms with Gasteiger partial charge in [0.2, 0.25) is 5.91 Å². The van der Waals surface area contributed by atoms with E-state index < -0.39 is 12.1 Å². The van der Waals surface area contributed by atoms with E-state index in [0.717, 1.165) is 5.56 Å². The van der Waals surface area contributed by atoms with Crippen LogP contribution in [0.5, 0.6) is 0 Å². The van der Waals surface area contributed by atoms with E-state index in [1.54, 1.807) is 17.2 Å². The molecule has 0 saturated heterocycles.